The number of rotatable bonds is 3. The number of nitrogens with one attached hydrogen (secondary N) is 1. The van der Waals surface area contributed by atoms with Crippen LogP contribution < -0.4 is 14.8 Å². The molecular formula is C16H19Cl3N2O2S. The third-order valence-electron chi connectivity index (χ3n) is 4.12. The molecule has 1 fully saturated rings. The number of ether oxygens (including phenoxy) is 2. The first-order chi connectivity index (χ1) is 10.8. The van der Waals surface area contributed by atoms with Crippen LogP contribution in [0, 0.1) is 0 Å². The molecule has 1 aromatic heterocycles. The lowest BCUT2D eigenvalue weighted by Gasteiger charge is -2.35. The Morgan fingerprint density at radius 3 is 2.50 bits per heavy atom. The number of nitrogens with zero attached hydrogens (tertiary/aromatic N) is 1. The van der Waals surface area contributed by atoms with Gasteiger partial charge in [-0.1, -0.05) is 17.7 Å². The minimum atomic E-state index is 0. The van der Waals surface area contributed by atoms with Gasteiger partial charge < -0.3 is 14.8 Å². The van der Waals surface area contributed by atoms with Crippen molar-refractivity contribution in [2.24, 2.45) is 0 Å². The molecule has 0 spiro atoms. The van der Waals surface area contributed by atoms with Crippen LogP contribution in [0.2, 0.25) is 5.02 Å². The normalized spacial score (nSPS) is 17.7. The molecule has 0 saturated carbocycles. The van der Waals surface area contributed by atoms with Crippen LogP contribution in [0.1, 0.15) is 16.5 Å². The minimum Gasteiger partial charge on any atom is -0.454 e. The number of hydrogen-bond donors (Lipinski definition) is 1. The first-order valence-corrected chi connectivity index (χ1v) is 8.66. The Bertz CT molecular complexity index is 664. The van der Waals surface area contributed by atoms with E-state index in [9.17, 15) is 0 Å². The van der Waals surface area contributed by atoms with Crippen molar-refractivity contribution < 1.29 is 9.47 Å². The molecule has 132 valence electrons. The monoisotopic (exact) mass is 408 g/mol. The van der Waals surface area contributed by atoms with Gasteiger partial charge in [0.15, 0.2) is 11.5 Å². The first-order valence-electron chi connectivity index (χ1n) is 7.40. The molecule has 24 heavy (non-hydrogen) atoms. The molecule has 2 aliphatic rings. The lowest BCUT2D eigenvalue weighted by Crippen LogP contribution is -2.45. The van der Waals surface area contributed by atoms with Crippen molar-refractivity contribution in [3.63, 3.8) is 0 Å². The summed E-state index contributed by atoms with van der Waals surface area (Å²) in [6.07, 6.45) is 0. The molecule has 3 heterocycles. The third kappa shape index (κ3) is 3.77. The Hall–Kier alpha value is -0.690. The second-order valence-corrected chi connectivity index (χ2v) is 6.82. The SMILES string of the molecule is Cl.Cl.Clc1cc2c(cc1[C@H](c1cccs1)N1CCNCC1)OCO2. The van der Waals surface area contributed by atoms with Gasteiger partial charge in [0, 0.05) is 42.1 Å². The fraction of sp³-hybridized carbons (Fsp3) is 0.375. The average molecular weight is 410 g/mol. The van der Waals surface area contributed by atoms with E-state index in [0.717, 1.165) is 48.3 Å². The van der Waals surface area contributed by atoms with Crippen LogP contribution in [0.3, 0.4) is 0 Å². The van der Waals surface area contributed by atoms with Gasteiger partial charge in [-0.15, -0.1) is 36.2 Å². The fourth-order valence-electron chi connectivity index (χ4n) is 3.06. The molecule has 0 radical (unpaired) electrons. The molecule has 1 aromatic carbocycles. The van der Waals surface area contributed by atoms with Crippen molar-refractivity contribution in [2.75, 3.05) is 33.0 Å². The van der Waals surface area contributed by atoms with Crippen LogP contribution >= 0.6 is 47.8 Å². The second-order valence-electron chi connectivity index (χ2n) is 5.43. The van der Waals surface area contributed by atoms with E-state index in [1.165, 1.54) is 4.88 Å². The molecule has 0 bridgehead atoms. The summed E-state index contributed by atoms with van der Waals surface area (Å²) in [4.78, 5) is 3.79. The van der Waals surface area contributed by atoms with Crippen LogP contribution in [-0.4, -0.2) is 37.9 Å². The Morgan fingerprint density at radius 1 is 1.12 bits per heavy atom. The van der Waals surface area contributed by atoms with Crippen molar-refractivity contribution in [3.8, 4) is 11.5 Å². The summed E-state index contributed by atoms with van der Waals surface area (Å²) in [6.45, 7) is 4.29. The fourth-order valence-corrected chi connectivity index (χ4v) is 4.19. The predicted molar refractivity (Wildman–Crippen MR) is 103 cm³/mol. The highest BCUT2D eigenvalue weighted by molar-refractivity contribution is 7.10. The van der Waals surface area contributed by atoms with Gasteiger partial charge in [-0.3, -0.25) is 4.90 Å². The molecule has 1 saturated heterocycles. The lowest BCUT2D eigenvalue weighted by molar-refractivity contribution is 0.173. The van der Waals surface area contributed by atoms with Crippen LogP contribution in [-0.2, 0) is 0 Å². The smallest absolute Gasteiger partial charge is 0.231 e. The van der Waals surface area contributed by atoms with Gasteiger partial charge in [-0.05, 0) is 23.1 Å². The van der Waals surface area contributed by atoms with Gasteiger partial charge in [0.2, 0.25) is 6.79 Å². The van der Waals surface area contributed by atoms with Crippen molar-refractivity contribution in [3.05, 3.63) is 45.1 Å². The molecule has 0 amide bonds. The highest BCUT2D eigenvalue weighted by atomic mass is 35.5. The molecular weight excluding hydrogens is 391 g/mol. The number of fused-ring (bicyclic) bond motifs is 1. The van der Waals surface area contributed by atoms with Crippen LogP contribution in [0.5, 0.6) is 11.5 Å². The highest BCUT2D eigenvalue weighted by Crippen LogP contribution is 2.43. The maximum Gasteiger partial charge on any atom is 0.231 e. The Morgan fingerprint density at radius 2 is 1.83 bits per heavy atom. The van der Waals surface area contributed by atoms with Crippen LogP contribution in [0.4, 0.5) is 0 Å². The van der Waals surface area contributed by atoms with Gasteiger partial charge >= 0.3 is 0 Å². The predicted octanol–water partition coefficient (Wildman–Crippen LogP) is 3.97. The van der Waals surface area contributed by atoms with E-state index in [-0.39, 0.29) is 37.6 Å². The van der Waals surface area contributed by atoms with Gasteiger partial charge in [-0.2, -0.15) is 0 Å². The summed E-state index contributed by atoms with van der Waals surface area (Å²) in [5, 5.41) is 6.26. The van der Waals surface area contributed by atoms with E-state index in [1.54, 1.807) is 11.3 Å². The van der Waals surface area contributed by atoms with E-state index in [1.807, 2.05) is 12.1 Å². The van der Waals surface area contributed by atoms with Crippen molar-refractivity contribution in [2.45, 2.75) is 6.04 Å². The van der Waals surface area contributed by atoms with E-state index in [4.69, 9.17) is 21.1 Å². The maximum atomic E-state index is 6.57. The molecule has 2 aliphatic heterocycles. The number of benzene rings is 1. The van der Waals surface area contributed by atoms with E-state index < -0.39 is 0 Å². The number of halogens is 3. The average Bonchev–Trinajstić information content (AvgIpc) is 3.20. The Kier molecular flexibility index (Phi) is 7.04. The molecule has 2 aromatic rings. The molecule has 4 rings (SSSR count). The molecule has 0 aliphatic carbocycles. The largest absolute Gasteiger partial charge is 0.454 e. The third-order valence-corrected chi connectivity index (χ3v) is 5.37. The van der Waals surface area contributed by atoms with Gasteiger partial charge in [0.1, 0.15) is 0 Å². The standard InChI is InChI=1S/C16H17ClN2O2S.2ClH/c17-12-9-14-13(20-10-21-14)8-11(12)16(15-2-1-7-22-15)19-5-3-18-4-6-19;;/h1-2,7-9,16,18H,3-6,10H2;2*1H/t16-;;/m1../s1. The van der Waals surface area contributed by atoms with Gasteiger partial charge in [0.05, 0.1) is 6.04 Å². The Labute approximate surface area is 162 Å². The molecule has 1 atom stereocenters. The first kappa shape index (κ1) is 19.6. The molecule has 1 N–H and O–H groups in total. The maximum absolute atomic E-state index is 6.57. The summed E-state index contributed by atoms with van der Waals surface area (Å²) < 4.78 is 11.0. The minimum absolute atomic E-state index is 0. The molecule has 4 nitrogen and oxygen atoms in total. The number of hydrogen-bond acceptors (Lipinski definition) is 5. The zero-order valence-corrected chi connectivity index (χ0v) is 16.1. The topological polar surface area (TPSA) is 33.7 Å². The zero-order valence-electron chi connectivity index (χ0n) is 12.9. The number of piperazine rings is 1. The van der Waals surface area contributed by atoms with Gasteiger partial charge in [0.25, 0.3) is 0 Å². The zero-order chi connectivity index (χ0) is 14.9. The van der Waals surface area contributed by atoms with Crippen LogP contribution in [0.15, 0.2) is 29.6 Å². The van der Waals surface area contributed by atoms with Crippen molar-refractivity contribution in [1.82, 2.24) is 10.2 Å². The van der Waals surface area contributed by atoms with Crippen molar-refractivity contribution in [1.29, 1.82) is 0 Å². The summed E-state index contributed by atoms with van der Waals surface area (Å²) in [5.74, 6) is 1.52. The molecule has 8 heteroatoms. The summed E-state index contributed by atoms with van der Waals surface area (Å²) >= 11 is 8.33. The van der Waals surface area contributed by atoms with E-state index in [0.29, 0.717) is 0 Å². The highest BCUT2D eigenvalue weighted by Gasteiger charge is 2.28. The summed E-state index contributed by atoms with van der Waals surface area (Å²) in [7, 11) is 0. The van der Waals surface area contributed by atoms with Gasteiger partial charge in [-0.25, -0.2) is 0 Å². The molecule has 0 unspecified atom stereocenters. The number of thiophene rings is 1. The van der Waals surface area contributed by atoms with E-state index in [2.05, 4.69) is 27.7 Å². The summed E-state index contributed by atoms with van der Waals surface area (Å²) in [5.41, 5.74) is 1.09. The summed E-state index contributed by atoms with van der Waals surface area (Å²) in [6, 6.07) is 8.36. The second kappa shape index (κ2) is 8.61. The Balaban J connectivity index is 0.00000104. The van der Waals surface area contributed by atoms with E-state index >= 15 is 0 Å². The van der Waals surface area contributed by atoms with Crippen LogP contribution in [0.25, 0.3) is 0 Å². The van der Waals surface area contributed by atoms with Crippen molar-refractivity contribution >= 4 is 47.8 Å². The quantitative estimate of drug-likeness (QED) is 0.832. The lowest BCUT2D eigenvalue weighted by atomic mass is 10.0.